The van der Waals surface area contributed by atoms with Crippen molar-refractivity contribution in [2.45, 2.75) is 58.8 Å². The topological polar surface area (TPSA) is 100 Å². The van der Waals surface area contributed by atoms with Crippen molar-refractivity contribution in [3.8, 4) is 23.1 Å². The highest BCUT2D eigenvalue weighted by molar-refractivity contribution is 5.92. The molecule has 1 saturated heterocycles. The second-order valence-corrected chi connectivity index (χ2v) is 8.92. The van der Waals surface area contributed by atoms with Crippen LogP contribution in [0.2, 0.25) is 0 Å². The Kier molecular flexibility index (Phi) is 6.30. The summed E-state index contributed by atoms with van der Waals surface area (Å²) in [6.07, 6.45) is 7.22. The summed E-state index contributed by atoms with van der Waals surface area (Å²) in [5.41, 5.74) is 3.41. The summed E-state index contributed by atoms with van der Waals surface area (Å²) < 4.78 is 15.7. The third kappa shape index (κ3) is 4.53. The first-order chi connectivity index (χ1) is 16.5. The Labute approximate surface area is 198 Å². The molecule has 9 heteroatoms. The summed E-state index contributed by atoms with van der Waals surface area (Å²) in [5.74, 6) is 1.95. The molecule has 3 aromatic heterocycles. The number of rotatable bonds is 7. The first-order valence-corrected chi connectivity index (χ1v) is 11.8. The minimum Gasteiger partial charge on any atom is -0.491 e. The van der Waals surface area contributed by atoms with Crippen LogP contribution in [0.25, 0.3) is 28.2 Å². The average molecular weight is 463 g/mol. The molecule has 0 aliphatic carbocycles. The average Bonchev–Trinajstić information content (AvgIpc) is 3.44. The van der Waals surface area contributed by atoms with Crippen LogP contribution in [-0.4, -0.2) is 54.0 Å². The molecule has 1 atom stereocenters. The first-order valence-electron chi connectivity index (χ1n) is 11.8. The zero-order valence-corrected chi connectivity index (χ0v) is 19.8. The predicted octanol–water partition coefficient (Wildman–Crippen LogP) is 4.01. The number of hydrogen-bond donors (Lipinski definition) is 1. The van der Waals surface area contributed by atoms with Crippen LogP contribution in [0, 0.1) is 6.92 Å². The lowest BCUT2D eigenvalue weighted by Crippen LogP contribution is -2.19. The van der Waals surface area contributed by atoms with Gasteiger partial charge in [-0.05, 0) is 70.2 Å². The number of aliphatic hydroxyl groups is 1. The molecule has 1 aliphatic heterocycles. The Morgan fingerprint density at radius 2 is 2.09 bits per heavy atom. The molecular formula is C25H30N6O3. The van der Waals surface area contributed by atoms with E-state index in [9.17, 15) is 5.11 Å². The lowest BCUT2D eigenvalue weighted by Gasteiger charge is -2.23. The highest BCUT2D eigenvalue weighted by Crippen LogP contribution is 2.34. The number of nitrogens with zero attached hydrogens (tertiary/aromatic N) is 6. The second kappa shape index (κ2) is 9.52. The third-order valence-corrected chi connectivity index (χ3v) is 5.80. The molecule has 0 saturated carbocycles. The van der Waals surface area contributed by atoms with Gasteiger partial charge in [0.25, 0.3) is 0 Å². The van der Waals surface area contributed by atoms with E-state index in [1.807, 2.05) is 55.9 Å². The molecule has 178 valence electrons. The van der Waals surface area contributed by atoms with Crippen LogP contribution < -0.4 is 4.74 Å². The van der Waals surface area contributed by atoms with E-state index in [1.165, 1.54) is 0 Å². The van der Waals surface area contributed by atoms with Crippen LogP contribution in [0.3, 0.4) is 0 Å². The fraction of sp³-hybridized carbons (Fsp3) is 0.440. The van der Waals surface area contributed by atoms with Crippen LogP contribution in [0.5, 0.6) is 5.75 Å². The Morgan fingerprint density at radius 3 is 2.85 bits per heavy atom. The molecule has 1 aromatic carbocycles. The van der Waals surface area contributed by atoms with Gasteiger partial charge in [0, 0.05) is 36.6 Å². The van der Waals surface area contributed by atoms with Crippen LogP contribution in [0.15, 0.2) is 36.7 Å². The Bertz CT molecular complexity index is 1290. The van der Waals surface area contributed by atoms with E-state index in [0.717, 1.165) is 53.8 Å². The van der Waals surface area contributed by atoms with Gasteiger partial charge >= 0.3 is 0 Å². The lowest BCUT2D eigenvalue weighted by molar-refractivity contribution is -0.0365. The third-order valence-electron chi connectivity index (χ3n) is 5.80. The number of benzene rings is 1. The molecule has 0 spiro atoms. The smallest absolute Gasteiger partial charge is 0.183 e. The van der Waals surface area contributed by atoms with E-state index in [0.29, 0.717) is 23.8 Å². The maximum absolute atomic E-state index is 9.23. The van der Waals surface area contributed by atoms with E-state index in [1.54, 1.807) is 10.9 Å². The minimum atomic E-state index is -0.113. The molecule has 34 heavy (non-hydrogen) atoms. The molecule has 0 bridgehead atoms. The van der Waals surface area contributed by atoms with Crippen LogP contribution in [0.1, 0.15) is 50.6 Å². The molecule has 0 radical (unpaired) electrons. The van der Waals surface area contributed by atoms with Crippen molar-refractivity contribution in [3.05, 3.63) is 47.9 Å². The highest BCUT2D eigenvalue weighted by Gasteiger charge is 2.24. The predicted molar refractivity (Wildman–Crippen MR) is 128 cm³/mol. The van der Waals surface area contributed by atoms with Crippen LogP contribution in [0.4, 0.5) is 0 Å². The number of aromatic nitrogens is 6. The van der Waals surface area contributed by atoms with Crippen molar-refractivity contribution in [2.24, 2.45) is 0 Å². The van der Waals surface area contributed by atoms with Crippen molar-refractivity contribution in [1.82, 2.24) is 29.5 Å². The van der Waals surface area contributed by atoms with Gasteiger partial charge in [0.05, 0.1) is 17.8 Å². The van der Waals surface area contributed by atoms with E-state index in [-0.39, 0.29) is 18.9 Å². The molecule has 1 aliphatic rings. The standard InChI is InChI=1S/C25H30N6O3/c1-16(2)34-19-7-8-21-20(13-19)24(29-31(21)23-6-4-5-11-33-23)25-27-17(3)12-22(28-25)30-15-18(9-10-32)14-26-30/h7-8,12-16,23,32H,4-6,9-11H2,1-3H3. The second-order valence-electron chi connectivity index (χ2n) is 8.92. The van der Waals surface area contributed by atoms with E-state index in [4.69, 9.17) is 24.5 Å². The number of fused-ring (bicyclic) bond motifs is 1. The summed E-state index contributed by atoms with van der Waals surface area (Å²) >= 11 is 0. The van der Waals surface area contributed by atoms with Gasteiger partial charge in [-0.1, -0.05) is 0 Å². The lowest BCUT2D eigenvalue weighted by atomic mass is 10.1. The highest BCUT2D eigenvalue weighted by atomic mass is 16.5. The van der Waals surface area contributed by atoms with E-state index in [2.05, 4.69) is 5.10 Å². The van der Waals surface area contributed by atoms with E-state index >= 15 is 0 Å². The molecule has 9 nitrogen and oxygen atoms in total. The maximum Gasteiger partial charge on any atom is 0.183 e. The van der Waals surface area contributed by atoms with Crippen LogP contribution >= 0.6 is 0 Å². The summed E-state index contributed by atoms with van der Waals surface area (Å²) in [7, 11) is 0. The number of ether oxygens (including phenoxy) is 2. The van der Waals surface area contributed by atoms with Gasteiger partial charge in [-0.15, -0.1) is 0 Å². The Hall–Kier alpha value is -3.30. The quantitative estimate of drug-likeness (QED) is 0.443. The van der Waals surface area contributed by atoms with Crippen molar-refractivity contribution >= 4 is 10.9 Å². The molecule has 4 heterocycles. The zero-order valence-electron chi connectivity index (χ0n) is 19.8. The van der Waals surface area contributed by atoms with Crippen molar-refractivity contribution < 1.29 is 14.6 Å². The van der Waals surface area contributed by atoms with Gasteiger partial charge in [-0.3, -0.25) is 0 Å². The fourth-order valence-electron chi connectivity index (χ4n) is 4.29. The van der Waals surface area contributed by atoms with Crippen LogP contribution in [-0.2, 0) is 11.2 Å². The summed E-state index contributed by atoms with van der Waals surface area (Å²) in [6, 6.07) is 7.90. The molecule has 1 fully saturated rings. The number of aryl methyl sites for hydroxylation is 1. The van der Waals surface area contributed by atoms with Gasteiger partial charge in [-0.25, -0.2) is 19.3 Å². The molecule has 4 aromatic rings. The normalized spacial score (nSPS) is 16.4. The van der Waals surface area contributed by atoms with E-state index < -0.39 is 0 Å². The van der Waals surface area contributed by atoms with Crippen molar-refractivity contribution in [2.75, 3.05) is 13.2 Å². The SMILES string of the molecule is Cc1cc(-n2cc(CCO)cn2)nc(-c2nn(C3CCCCO3)c3ccc(OC(C)C)cc23)n1. The number of hydrogen-bond acceptors (Lipinski definition) is 7. The van der Waals surface area contributed by atoms with Gasteiger partial charge in [-0.2, -0.15) is 10.2 Å². The van der Waals surface area contributed by atoms with Gasteiger partial charge in [0.2, 0.25) is 0 Å². The summed E-state index contributed by atoms with van der Waals surface area (Å²) in [6.45, 7) is 6.76. The molecule has 1 N–H and O–H groups in total. The summed E-state index contributed by atoms with van der Waals surface area (Å²) in [4.78, 5) is 9.54. The summed E-state index contributed by atoms with van der Waals surface area (Å²) in [5, 5.41) is 19.5. The van der Waals surface area contributed by atoms with Gasteiger partial charge in [0.1, 0.15) is 11.4 Å². The maximum atomic E-state index is 9.23. The molecule has 5 rings (SSSR count). The largest absolute Gasteiger partial charge is 0.491 e. The monoisotopic (exact) mass is 462 g/mol. The van der Waals surface area contributed by atoms with Gasteiger partial charge in [0.15, 0.2) is 17.9 Å². The molecular weight excluding hydrogens is 432 g/mol. The minimum absolute atomic E-state index is 0.0624. The Morgan fingerprint density at radius 1 is 1.21 bits per heavy atom. The van der Waals surface area contributed by atoms with Crippen molar-refractivity contribution in [1.29, 1.82) is 0 Å². The fourth-order valence-corrected chi connectivity index (χ4v) is 4.29. The molecule has 1 unspecified atom stereocenters. The first kappa shape index (κ1) is 22.5. The van der Waals surface area contributed by atoms with Crippen molar-refractivity contribution in [3.63, 3.8) is 0 Å². The molecule has 0 amide bonds. The Balaban J connectivity index is 1.63. The number of aliphatic hydroxyl groups excluding tert-OH is 1. The zero-order chi connectivity index (χ0) is 23.7. The van der Waals surface area contributed by atoms with Gasteiger partial charge < -0.3 is 14.6 Å².